The molecule has 0 amide bonds. The normalized spacial score (nSPS) is 11.8. The Morgan fingerprint density at radius 3 is 2.65 bits per heavy atom. The van der Waals surface area contributed by atoms with Crippen molar-refractivity contribution >= 4 is 11.3 Å². The van der Waals surface area contributed by atoms with Crippen LogP contribution in [0, 0.1) is 13.8 Å². The van der Waals surface area contributed by atoms with Crippen molar-refractivity contribution in [2.45, 2.75) is 40.3 Å². The monoisotopic (exact) mass is 294 g/mol. The van der Waals surface area contributed by atoms with E-state index in [2.05, 4.69) is 36.7 Å². The molecule has 0 saturated carbocycles. The van der Waals surface area contributed by atoms with Gasteiger partial charge >= 0.3 is 0 Å². The van der Waals surface area contributed by atoms with Crippen LogP contribution in [0.15, 0.2) is 16.5 Å². The van der Waals surface area contributed by atoms with Crippen LogP contribution in [0.4, 0.5) is 0 Å². The second kappa shape index (κ2) is 6.52. The number of thiophene rings is 1. The largest absolute Gasteiger partial charge is 0.440 e. The van der Waals surface area contributed by atoms with Gasteiger partial charge in [-0.25, -0.2) is 4.98 Å². The van der Waals surface area contributed by atoms with Gasteiger partial charge in [-0.15, -0.1) is 11.3 Å². The molecule has 0 aliphatic rings. The molecule has 2 aromatic heterocycles. The van der Waals surface area contributed by atoms with Gasteiger partial charge in [0.05, 0.1) is 17.2 Å². The molecule has 0 radical (unpaired) electrons. The maximum absolute atomic E-state index is 9.14. The molecule has 0 aromatic carbocycles. The quantitative estimate of drug-likeness (QED) is 0.888. The number of aromatic nitrogens is 1. The van der Waals surface area contributed by atoms with Crippen molar-refractivity contribution in [3.8, 4) is 10.8 Å². The van der Waals surface area contributed by atoms with E-state index in [1.54, 1.807) is 11.3 Å². The highest BCUT2D eigenvalue weighted by Crippen LogP contribution is 2.29. The molecule has 0 aliphatic carbocycles. The highest BCUT2D eigenvalue weighted by Gasteiger charge is 2.17. The molecule has 0 fully saturated rings. The summed E-state index contributed by atoms with van der Waals surface area (Å²) in [6.07, 6.45) is 0. The average molecular weight is 294 g/mol. The van der Waals surface area contributed by atoms with Crippen molar-refractivity contribution in [1.29, 1.82) is 0 Å². The number of aliphatic hydroxyl groups excluding tert-OH is 1. The van der Waals surface area contributed by atoms with E-state index < -0.39 is 0 Å². The lowest BCUT2D eigenvalue weighted by atomic mass is 10.2. The minimum atomic E-state index is 0.159. The average Bonchev–Trinajstić information content (AvgIpc) is 2.96. The lowest BCUT2D eigenvalue weighted by Crippen LogP contribution is -2.33. The van der Waals surface area contributed by atoms with Gasteiger partial charge in [-0.2, -0.15) is 0 Å². The molecule has 0 bridgehead atoms. The van der Waals surface area contributed by atoms with Crippen LogP contribution in [-0.4, -0.2) is 34.2 Å². The first kappa shape index (κ1) is 15.2. The van der Waals surface area contributed by atoms with Gasteiger partial charge in [0.25, 0.3) is 0 Å². The molecule has 4 nitrogen and oxygen atoms in total. The first-order chi connectivity index (χ1) is 9.51. The summed E-state index contributed by atoms with van der Waals surface area (Å²) < 4.78 is 5.78. The Hall–Kier alpha value is -1.17. The number of rotatable bonds is 6. The predicted molar refractivity (Wildman–Crippen MR) is 81.9 cm³/mol. The maximum Gasteiger partial charge on any atom is 0.236 e. The fourth-order valence-electron chi connectivity index (χ4n) is 2.07. The van der Waals surface area contributed by atoms with Crippen LogP contribution in [0.2, 0.25) is 0 Å². The van der Waals surface area contributed by atoms with Gasteiger partial charge in [-0.1, -0.05) is 0 Å². The van der Waals surface area contributed by atoms with Gasteiger partial charge in [0.15, 0.2) is 0 Å². The predicted octanol–water partition coefficient (Wildman–Crippen LogP) is 3.22. The second-order valence-electron chi connectivity index (χ2n) is 5.22. The molecule has 5 heteroatoms. The third-order valence-electron chi connectivity index (χ3n) is 3.31. The van der Waals surface area contributed by atoms with Crippen molar-refractivity contribution in [2.75, 3.05) is 13.2 Å². The topological polar surface area (TPSA) is 49.5 Å². The van der Waals surface area contributed by atoms with E-state index in [-0.39, 0.29) is 6.61 Å². The van der Waals surface area contributed by atoms with E-state index in [0.717, 1.165) is 16.3 Å². The number of aryl methyl sites for hydroxylation is 2. The number of hydrogen-bond acceptors (Lipinski definition) is 5. The molecule has 2 aromatic rings. The number of oxazole rings is 1. The lowest BCUT2D eigenvalue weighted by molar-refractivity contribution is 0.157. The summed E-state index contributed by atoms with van der Waals surface area (Å²) in [5.41, 5.74) is 0.952. The van der Waals surface area contributed by atoms with E-state index in [0.29, 0.717) is 25.0 Å². The SMILES string of the molecule is Cc1ccc(-c2nc(CN(CCO)C(C)C)c(C)o2)s1. The summed E-state index contributed by atoms with van der Waals surface area (Å²) >= 11 is 1.69. The Kier molecular flexibility index (Phi) is 4.96. The van der Waals surface area contributed by atoms with E-state index >= 15 is 0 Å². The molecule has 0 saturated heterocycles. The molecule has 0 atom stereocenters. The van der Waals surface area contributed by atoms with Crippen molar-refractivity contribution < 1.29 is 9.52 Å². The molecule has 2 heterocycles. The van der Waals surface area contributed by atoms with Crippen molar-refractivity contribution in [2.24, 2.45) is 0 Å². The first-order valence-electron chi connectivity index (χ1n) is 6.89. The lowest BCUT2D eigenvalue weighted by Gasteiger charge is -2.24. The summed E-state index contributed by atoms with van der Waals surface area (Å²) in [7, 11) is 0. The fraction of sp³-hybridized carbons (Fsp3) is 0.533. The molecule has 1 N–H and O–H groups in total. The van der Waals surface area contributed by atoms with Gasteiger partial charge in [0.2, 0.25) is 5.89 Å². The van der Waals surface area contributed by atoms with Crippen LogP contribution in [0.3, 0.4) is 0 Å². The summed E-state index contributed by atoms with van der Waals surface area (Å²) in [6, 6.07) is 4.49. The smallest absolute Gasteiger partial charge is 0.236 e. The highest BCUT2D eigenvalue weighted by molar-refractivity contribution is 7.15. The molecule has 110 valence electrons. The molecular weight excluding hydrogens is 272 g/mol. The van der Waals surface area contributed by atoms with Gasteiger partial charge in [0, 0.05) is 24.0 Å². The van der Waals surface area contributed by atoms with E-state index in [1.165, 1.54) is 4.88 Å². The molecule has 0 aliphatic heterocycles. The van der Waals surface area contributed by atoms with Crippen LogP contribution in [0.1, 0.15) is 30.2 Å². The molecular formula is C15H22N2O2S. The second-order valence-corrected chi connectivity index (χ2v) is 6.51. The fourth-order valence-corrected chi connectivity index (χ4v) is 2.86. The third-order valence-corrected chi connectivity index (χ3v) is 4.30. The molecule has 0 unspecified atom stereocenters. The van der Waals surface area contributed by atoms with Crippen LogP contribution >= 0.6 is 11.3 Å². The van der Waals surface area contributed by atoms with Gasteiger partial charge < -0.3 is 9.52 Å². The van der Waals surface area contributed by atoms with Gasteiger partial charge in [0.1, 0.15) is 5.76 Å². The van der Waals surface area contributed by atoms with Crippen LogP contribution in [0.25, 0.3) is 10.8 Å². The molecule has 20 heavy (non-hydrogen) atoms. The van der Waals surface area contributed by atoms with Gasteiger partial charge in [-0.05, 0) is 39.8 Å². The summed E-state index contributed by atoms with van der Waals surface area (Å²) in [5.74, 6) is 1.55. The van der Waals surface area contributed by atoms with Crippen LogP contribution in [-0.2, 0) is 6.54 Å². The van der Waals surface area contributed by atoms with E-state index in [1.807, 2.05) is 13.0 Å². The Bertz CT molecular complexity index is 560. The summed E-state index contributed by atoms with van der Waals surface area (Å²) in [6.45, 7) is 9.78. The van der Waals surface area contributed by atoms with E-state index in [9.17, 15) is 0 Å². The minimum absolute atomic E-state index is 0.159. The Balaban J connectivity index is 2.19. The zero-order valence-electron chi connectivity index (χ0n) is 12.5. The molecule has 2 rings (SSSR count). The Labute approximate surface area is 124 Å². The maximum atomic E-state index is 9.14. The van der Waals surface area contributed by atoms with Crippen LogP contribution in [0.5, 0.6) is 0 Å². The zero-order valence-corrected chi connectivity index (χ0v) is 13.3. The minimum Gasteiger partial charge on any atom is -0.440 e. The van der Waals surface area contributed by atoms with Gasteiger partial charge in [-0.3, -0.25) is 4.90 Å². The standard InChI is InChI=1S/C15H22N2O2S/c1-10(2)17(7-8-18)9-13-12(4)19-15(16-13)14-6-5-11(3)20-14/h5-6,10,18H,7-9H2,1-4H3. The summed E-state index contributed by atoms with van der Waals surface area (Å²) in [5, 5.41) is 9.14. The van der Waals surface area contributed by atoms with Crippen LogP contribution < -0.4 is 0 Å². The highest BCUT2D eigenvalue weighted by atomic mass is 32.1. The van der Waals surface area contributed by atoms with E-state index in [4.69, 9.17) is 9.52 Å². The van der Waals surface area contributed by atoms with Crippen molar-refractivity contribution in [3.05, 3.63) is 28.5 Å². The Morgan fingerprint density at radius 1 is 1.35 bits per heavy atom. The number of aliphatic hydroxyl groups is 1. The first-order valence-corrected chi connectivity index (χ1v) is 7.71. The third kappa shape index (κ3) is 3.48. The molecule has 0 spiro atoms. The number of nitrogens with zero attached hydrogens (tertiary/aromatic N) is 2. The van der Waals surface area contributed by atoms with Crippen molar-refractivity contribution in [1.82, 2.24) is 9.88 Å². The Morgan fingerprint density at radius 2 is 2.10 bits per heavy atom. The zero-order chi connectivity index (χ0) is 14.7. The van der Waals surface area contributed by atoms with Crippen molar-refractivity contribution in [3.63, 3.8) is 0 Å². The summed E-state index contributed by atoms with van der Waals surface area (Å²) in [4.78, 5) is 9.12. The number of hydrogen-bond donors (Lipinski definition) is 1.